The number of hydrogen-bond donors (Lipinski definition) is 1. The first-order valence-corrected chi connectivity index (χ1v) is 9.68. The Labute approximate surface area is 126 Å². The highest BCUT2D eigenvalue weighted by Crippen LogP contribution is 2.32. The number of thiophene rings is 1. The van der Waals surface area contributed by atoms with E-state index in [0.717, 1.165) is 17.8 Å². The van der Waals surface area contributed by atoms with Crippen molar-refractivity contribution in [1.29, 1.82) is 0 Å². The first-order chi connectivity index (χ1) is 9.59. The summed E-state index contributed by atoms with van der Waals surface area (Å²) in [4.78, 5) is 1.42. The van der Waals surface area contributed by atoms with Crippen LogP contribution in [-0.4, -0.2) is 32.4 Å². The summed E-state index contributed by atoms with van der Waals surface area (Å²) in [6.45, 7) is 6.81. The highest BCUT2D eigenvalue weighted by molar-refractivity contribution is 7.89. The van der Waals surface area contributed by atoms with Crippen LogP contribution in [0.1, 0.15) is 38.0 Å². The van der Waals surface area contributed by atoms with Crippen LogP contribution in [0.3, 0.4) is 0 Å². The second-order valence-electron chi connectivity index (χ2n) is 5.28. The SMILES string of the molecule is CCCNCc1sccc1S(=O)(=O)N(CC)CC1CC1. The van der Waals surface area contributed by atoms with E-state index in [-0.39, 0.29) is 0 Å². The van der Waals surface area contributed by atoms with Gasteiger partial charge >= 0.3 is 0 Å². The number of nitrogens with zero attached hydrogens (tertiary/aromatic N) is 1. The minimum Gasteiger partial charge on any atom is -0.312 e. The Bertz CT molecular complexity index is 521. The van der Waals surface area contributed by atoms with Crippen LogP contribution in [0.5, 0.6) is 0 Å². The minimum atomic E-state index is -3.33. The van der Waals surface area contributed by atoms with Crippen LogP contribution >= 0.6 is 11.3 Å². The zero-order valence-corrected chi connectivity index (χ0v) is 13.9. The van der Waals surface area contributed by atoms with Gasteiger partial charge < -0.3 is 5.32 Å². The molecule has 0 saturated heterocycles. The molecule has 0 aromatic carbocycles. The molecule has 0 spiro atoms. The average molecular weight is 316 g/mol. The molecule has 2 rings (SSSR count). The Morgan fingerprint density at radius 1 is 1.40 bits per heavy atom. The smallest absolute Gasteiger partial charge is 0.244 e. The van der Waals surface area contributed by atoms with Gasteiger partial charge in [0, 0.05) is 24.5 Å². The molecule has 0 bridgehead atoms. The molecule has 1 aliphatic carbocycles. The molecule has 0 atom stereocenters. The lowest BCUT2D eigenvalue weighted by atomic mass is 10.4. The summed E-state index contributed by atoms with van der Waals surface area (Å²) < 4.78 is 27.1. The van der Waals surface area contributed by atoms with Crippen LogP contribution in [0.2, 0.25) is 0 Å². The maximum atomic E-state index is 12.7. The van der Waals surface area contributed by atoms with Gasteiger partial charge in [0.2, 0.25) is 10.0 Å². The van der Waals surface area contributed by atoms with Gasteiger partial charge in [-0.25, -0.2) is 8.42 Å². The lowest BCUT2D eigenvalue weighted by molar-refractivity contribution is 0.411. The molecular formula is C14H24N2O2S2. The Morgan fingerprint density at radius 3 is 2.75 bits per heavy atom. The molecule has 0 amide bonds. The fourth-order valence-electron chi connectivity index (χ4n) is 2.19. The number of rotatable bonds is 9. The molecular weight excluding hydrogens is 292 g/mol. The molecule has 0 aliphatic heterocycles. The fraction of sp³-hybridized carbons (Fsp3) is 0.714. The molecule has 1 aromatic heterocycles. The Morgan fingerprint density at radius 2 is 2.15 bits per heavy atom. The summed E-state index contributed by atoms with van der Waals surface area (Å²) in [5.41, 5.74) is 0. The van der Waals surface area contributed by atoms with Gasteiger partial charge in [0.05, 0.1) is 4.90 Å². The lowest BCUT2D eigenvalue weighted by Crippen LogP contribution is -2.33. The molecule has 1 saturated carbocycles. The third-order valence-electron chi connectivity index (χ3n) is 3.55. The second-order valence-corrected chi connectivity index (χ2v) is 8.19. The molecule has 1 heterocycles. The largest absolute Gasteiger partial charge is 0.312 e. The Hall–Kier alpha value is -0.430. The quantitative estimate of drug-likeness (QED) is 0.713. The van der Waals surface area contributed by atoms with E-state index in [4.69, 9.17) is 0 Å². The van der Waals surface area contributed by atoms with Gasteiger partial charge in [-0.2, -0.15) is 4.31 Å². The zero-order chi connectivity index (χ0) is 14.6. The standard InChI is InChI=1S/C14H24N2O2S2/c1-3-8-15-10-13-14(7-9-19-13)20(17,18)16(4-2)11-12-5-6-12/h7,9,12,15H,3-6,8,10-11H2,1-2H3. The number of nitrogens with one attached hydrogen (secondary N) is 1. The molecule has 114 valence electrons. The van der Waals surface area contributed by atoms with Crippen LogP contribution in [-0.2, 0) is 16.6 Å². The average Bonchev–Trinajstić information content (AvgIpc) is 3.12. The summed E-state index contributed by atoms with van der Waals surface area (Å²) in [5, 5.41) is 5.16. The van der Waals surface area contributed by atoms with E-state index in [1.54, 1.807) is 10.4 Å². The maximum Gasteiger partial charge on any atom is 0.244 e. The molecule has 0 unspecified atom stereocenters. The second kappa shape index (κ2) is 7.02. The summed E-state index contributed by atoms with van der Waals surface area (Å²) in [6, 6.07) is 1.75. The third kappa shape index (κ3) is 3.81. The van der Waals surface area contributed by atoms with Gasteiger partial charge in [-0.3, -0.25) is 0 Å². The van der Waals surface area contributed by atoms with Crippen molar-refractivity contribution < 1.29 is 8.42 Å². The van der Waals surface area contributed by atoms with E-state index < -0.39 is 10.0 Å². The van der Waals surface area contributed by atoms with Crippen molar-refractivity contribution in [3.8, 4) is 0 Å². The van der Waals surface area contributed by atoms with E-state index in [9.17, 15) is 8.42 Å². The Kier molecular flexibility index (Phi) is 5.60. The van der Waals surface area contributed by atoms with Crippen molar-refractivity contribution in [2.45, 2.75) is 44.6 Å². The normalized spacial score (nSPS) is 15.9. The van der Waals surface area contributed by atoms with E-state index in [1.165, 1.54) is 24.2 Å². The third-order valence-corrected chi connectivity index (χ3v) is 6.62. The number of hydrogen-bond acceptors (Lipinski definition) is 4. The predicted octanol–water partition coefficient (Wildman–Crippen LogP) is 2.67. The summed E-state index contributed by atoms with van der Waals surface area (Å²) in [7, 11) is -3.33. The molecule has 1 N–H and O–H groups in total. The van der Waals surface area contributed by atoms with Crippen molar-refractivity contribution in [1.82, 2.24) is 9.62 Å². The van der Waals surface area contributed by atoms with Crippen molar-refractivity contribution in [3.63, 3.8) is 0 Å². The number of sulfonamides is 1. The molecule has 4 nitrogen and oxygen atoms in total. The summed E-state index contributed by atoms with van der Waals surface area (Å²) in [5.74, 6) is 0.574. The summed E-state index contributed by atoms with van der Waals surface area (Å²) >= 11 is 1.52. The molecule has 1 fully saturated rings. The predicted molar refractivity (Wildman–Crippen MR) is 83.5 cm³/mol. The zero-order valence-electron chi connectivity index (χ0n) is 12.3. The molecule has 1 aliphatic rings. The molecule has 20 heavy (non-hydrogen) atoms. The van der Waals surface area contributed by atoms with E-state index in [0.29, 0.717) is 30.4 Å². The van der Waals surface area contributed by atoms with Gasteiger partial charge in [0.15, 0.2) is 0 Å². The van der Waals surface area contributed by atoms with Crippen LogP contribution in [0.15, 0.2) is 16.3 Å². The van der Waals surface area contributed by atoms with Gasteiger partial charge in [-0.15, -0.1) is 11.3 Å². The van der Waals surface area contributed by atoms with Gasteiger partial charge in [-0.1, -0.05) is 13.8 Å². The van der Waals surface area contributed by atoms with E-state index in [1.807, 2.05) is 12.3 Å². The molecule has 6 heteroatoms. The van der Waals surface area contributed by atoms with Crippen molar-refractivity contribution in [3.05, 3.63) is 16.3 Å². The van der Waals surface area contributed by atoms with Crippen molar-refractivity contribution in [2.24, 2.45) is 5.92 Å². The van der Waals surface area contributed by atoms with Crippen LogP contribution < -0.4 is 5.32 Å². The minimum absolute atomic E-state index is 0.494. The lowest BCUT2D eigenvalue weighted by Gasteiger charge is -2.20. The van der Waals surface area contributed by atoms with Gasteiger partial charge in [0.1, 0.15) is 0 Å². The van der Waals surface area contributed by atoms with Crippen LogP contribution in [0.25, 0.3) is 0 Å². The monoisotopic (exact) mass is 316 g/mol. The first-order valence-electron chi connectivity index (χ1n) is 7.36. The van der Waals surface area contributed by atoms with Crippen LogP contribution in [0.4, 0.5) is 0 Å². The molecule has 1 aromatic rings. The van der Waals surface area contributed by atoms with Gasteiger partial charge in [0.25, 0.3) is 0 Å². The highest BCUT2D eigenvalue weighted by Gasteiger charge is 2.32. The van der Waals surface area contributed by atoms with E-state index >= 15 is 0 Å². The van der Waals surface area contributed by atoms with E-state index in [2.05, 4.69) is 12.2 Å². The highest BCUT2D eigenvalue weighted by atomic mass is 32.2. The van der Waals surface area contributed by atoms with Crippen LogP contribution in [0, 0.1) is 5.92 Å². The fourth-order valence-corrected chi connectivity index (χ4v) is 5.10. The summed E-state index contributed by atoms with van der Waals surface area (Å²) in [6.07, 6.45) is 3.39. The Balaban J connectivity index is 2.13. The van der Waals surface area contributed by atoms with Crippen molar-refractivity contribution >= 4 is 21.4 Å². The molecule has 0 radical (unpaired) electrons. The first kappa shape index (κ1) is 15.9. The van der Waals surface area contributed by atoms with Crippen molar-refractivity contribution in [2.75, 3.05) is 19.6 Å². The topological polar surface area (TPSA) is 49.4 Å². The van der Waals surface area contributed by atoms with Gasteiger partial charge in [-0.05, 0) is 43.2 Å². The maximum absolute atomic E-state index is 12.7.